The number of halogens is 1. The minimum absolute atomic E-state index is 0.329. The molecule has 4 nitrogen and oxygen atoms in total. The van der Waals surface area contributed by atoms with Crippen LogP contribution in [0.15, 0.2) is 48.7 Å². The van der Waals surface area contributed by atoms with Gasteiger partial charge in [0.15, 0.2) is 0 Å². The van der Waals surface area contributed by atoms with Crippen LogP contribution in [0.5, 0.6) is 11.6 Å². The average molecular weight is 285 g/mol. The molecule has 0 fully saturated rings. The highest BCUT2D eigenvalue weighted by atomic mass is 19.1. The van der Waals surface area contributed by atoms with Crippen LogP contribution in [0.3, 0.4) is 0 Å². The van der Waals surface area contributed by atoms with E-state index >= 15 is 0 Å². The third-order valence-corrected chi connectivity index (χ3v) is 3.15. The lowest BCUT2D eigenvalue weighted by Gasteiger charge is -2.07. The molecule has 108 valence electrons. The van der Waals surface area contributed by atoms with Crippen molar-refractivity contribution in [1.29, 1.82) is 0 Å². The normalized spacial score (nSPS) is 11.0. The van der Waals surface area contributed by atoms with Crippen molar-refractivity contribution < 1.29 is 9.13 Å². The molecule has 0 radical (unpaired) electrons. The van der Waals surface area contributed by atoms with Crippen LogP contribution in [0.4, 0.5) is 4.39 Å². The molecule has 21 heavy (non-hydrogen) atoms. The van der Waals surface area contributed by atoms with Gasteiger partial charge in [0, 0.05) is 18.8 Å². The van der Waals surface area contributed by atoms with Crippen LogP contribution in [0.2, 0.25) is 0 Å². The van der Waals surface area contributed by atoms with E-state index in [1.165, 1.54) is 12.1 Å². The molecule has 3 aromatic rings. The summed E-state index contributed by atoms with van der Waals surface area (Å²) in [5.74, 6) is 0.605. The van der Waals surface area contributed by atoms with E-state index in [4.69, 9.17) is 4.74 Å². The quantitative estimate of drug-likeness (QED) is 0.781. The summed E-state index contributed by atoms with van der Waals surface area (Å²) < 4.78 is 21.0. The second-order valence-corrected chi connectivity index (χ2v) is 4.63. The molecule has 0 saturated carbocycles. The van der Waals surface area contributed by atoms with E-state index in [0.717, 1.165) is 17.9 Å². The number of hydrogen-bond acceptors (Lipinski definition) is 3. The first-order valence-corrected chi connectivity index (χ1v) is 6.88. The predicted octanol–water partition coefficient (Wildman–Crippen LogP) is 3.38. The first kappa shape index (κ1) is 13.6. The third kappa shape index (κ3) is 2.87. The Labute approximate surface area is 122 Å². The van der Waals surface area contributed by atoms with Crippen LogP contribution < -0.4 is 10.1 Å². The smallest absolute Gasteiger partial charge is 0.242 e. The van der Waals surface area contributed by atoms with E-state index in [9.17, 15) is 4.39 Å². The second-order valence-electron chi connectivity index (χ2n) is 4.63. The van der Waals surface area contributed by atoms with Crippen LogP contribution >= 0.6 is 0 Å². The minimum atomic E-state index is -0.329. The van der Waals surface area contributed by atoms with Crippen molar-refractivity contribution in [3.05, 3.63) is 60.2 Å². The van der Waals surface area contributed by atoms with Gasteiger partial charge in [0.2, 0.25) is 5.88 Å². The van der Waals surface area contributed by atoms with Crippen LogP contribution in [0.25, 0.3) is 5.65 Å². The first-order chi connectivity index (χ1) is 10.3. The van der Waals surface area contributed by atoms with E-state index in [0.29, 0.717) is 18.2 Å². The molecule has 0 aliphatic carbocycles. The zero-order valence-electron chi connectivity index (χ0n) is 11.7. The van der Waals surface area contributed by atoms with E-state index in [1.807, 2.05) is 35.7 Å². The van der Waals surface area contributed by atoms with Gasteiger partial charge >= 0.3 is 0 Å². The Bertz CT molecular complexity index is 754. The number of aromatic nitrogens is 2. The van der Waals surface area contributed by atoms with Crippen LogP contribution in [-0.4, -0.2) is 15.9 Å². The zero-order chi connectivity index (χ0) is 14.7. The maximum absolute atomic E-state index is 13.3. The Morgan fingerprint density at radius 1 is 1.24 bits per heavy atom. The fourth-order valence-corrected chi connectivity index (χ4v) is 2.15. The SMILES string of the molecule is CCNCc1c(Oc2cccc(F)c2)nc2ccccn12. The van der Waals surface area contributed by atoms with Crippen molar-refractivity contribution in [2.75, 3.05) is 6.54 Å². The Kier molecular flexibility index (Phi) is 3.83. The summed E-state index contributed by atoms with van der Waals surface area (Å²) in [4.78, 5) is 4.47. The number of pyridine rings is 1. The highest BCUT2D eigenvalue weighted by Gasteiger charge is 2.13. The maximum Gasteiger partial charge on any atom is 0.242 e. The van der Waals surface area contributed by atoms with Crippen molar-refractivity contribution in [2.24, 2.45) is 0 Å². The van der Waals surface area contributed by atoms with Gasteiger partial charge in [0.25, 0.3) is 0 Å². The molecule has 0 saturated heterocycles. The lowest BCUT2D eigenvalue weighted by Crippen LogP contribution is -2.14. The number of nitrogens with zero attached hydrogens (tertiary/aromatic N) is 2. The van der Waals surface area contributed by atoms with E-state index < -0.39 is 0 Å². The fraction of sp³-hybridized carbons (Fsp3) is 0.188. The monoisotopic (exact) mass is 285 g/mol. The lowest BCUT2D eigenvalue weighted by atomic mass is 10.3. The van der Waals surface area contributed by atoms with Gasteiger partial charge in [0.05, 0.1) is 0 Å². The predicted molar refractivity (Wildman–Crippen MR) is 79.0 cm³/mol. The highest BCUT2D eigenvalue weighted by molar-refractivity contribution is 5.46. The van der Waals surface area contributed by atoms with Gasteiger partial charge in [-0.15, -0.1) is 0 Å². The molecule has 2 aromatic heterocycles. The molecule has 1 aromatic carbocycles. The molecule has 0 unspecified atom stereocenters. The van der Waals surface area contributed by atoms with E-state index in [2.05, 4.69) is 10.3 Å². The molecule has 5 heteroatoms. The Morgan fingerprint density at radius 3 is 2.95 bits per heavy atom. The molecule has 0 amide bonds. The summed E-state index contributed by atoms with van der Waals surface area (Å²) in [6, 6.07) is 11.8. The molecule has 0 bridgehead atoms. The fourth-order valence-electron chi connectivity index (χ4n) is 2.15. The van der Waals surface area contributed by atoms with Crippen LogP contribution in [0.1, 0.15) is 12.6 Å². The Morgan fingerprint density at radius 2 is 2.14 bits per heavy atom. The Balaban J connectivity index is 2.00. The van der Waals surface area contributed by atoms with Crippen molar-refractivity contribution in [2.45, 2.75) is 13.5 Å². The first-order valence-electron chi connectivity index (χ1n) is 6.88. The molecule has 0 spiro atoms. The summed E-state index contributed by atoms with van der Waals surface area (Å²) >= 11 is 0. The number of benzene rings is 1. The molecule has 0 aliphatic heterocycles. The number of rotatable bonds is 5. The lowest BCUT2D eigenvalue weighted by molar-refractivity contribution is 0.451. The van der Waals surface area contributed by atoms with Gasteiger partial charge in [0.1, 0.15) is 22.9 Å². The molecule has 0 aliphatic rings. The van der Waals surface area contributed by atoms with Gasteiger partial charge in [-0.05, 0) is 30.8 Å². The van der Waals surface area contributed by atoms with Gasteiger partial charge in [-0.1, -0.05) is 19.1 Å². The number of imidazole rings is 1. The number of fused-ring (bicyclic) bond motifs is 1. The summed E-state index contributed by atoms with van der Waals surface area (Å²) in [5.41, 5.74) is 1.72. The molecular weight excluding hydrogens is 269 g/mol. The number of ether oxygens (including phenoxy) is 1. The molecule has 1 N–H and O–H groups in total. The van der Waals surface area contributed by atoms with Crippen molar-refractivity contribution in [3.63, 3.8) is 0 Å². The maximum atomic E-state index is 13.3. The summed E-state index contributed by atoms with van der Waals surface area (Å²) in [7, 11) is 0. The molecule has 0 atom stereocenters. The zero-order valence-corrected chi connectivity index (χ0v) is 11.7. The van der Waals surface area contributed by atoms with E-state index in [1.54, 1.807) is 12.1 Å². The van der Waals surface area contributed by atoms with E-state index in [-0.39, 0.29) is 5.82 Å². The molecular formula is C16H16FN3O. The van der Waals surface area contributed by atoms with Crippen LogP contribution in [-0.2, 0) is 6.54 Å². The third-order valence-electron chi connectivity index (χ3n) is 3.15. The second kappa shape index (κ2) is 5.93. The average Bonchev–Trinajstić information content (AvgIpc) is 2.82. The Hall–Kier alpha value is -2.40. The molecule has 2 heterocycles. The van der Waals surface area contributed by atoms with Gasteiger partial charge < -0.3 is 10.1 Å². The highest BCUT2D eigenvalue weighted by Crippen LogP contribution is 2.26. The van der Waals surface area contributed by atoms with Gasteiger partial charge in [-0.3, -0.25) is 4.40 Å². The standard InChI is InChI=1S/C16H16FN3O/c1-2-18-11-14-16(19-15-8-3-4-9-20(14)15)21-13-7-5-6-12(17)10-13/h3-10,18H,2,11H2,1H3. The summed E-state index contributed by atoms with van der Waals surface area (Å²) in [6.07, 6.45) is 1.94. The summed E-state index contributed by atoms with van der Waals surface area (Å²) in [6.45, 7) is 3.52. The van der Waals surface area contributed by atoms with Gasteiger partial charge in [-0.25, -0.2) is 4.39 Å². The minimum Gasteiger partial charge on any atom is -0.437 e. The van der Waals surface area contributed by atoms with Gasteiger partial charge in [-0.2, -0.15) is 4.98 Å². The van der Waals surface area contributed by atoms with Crippen molar-refractivity contribution >= 4 is 5.65 Å². The van der Waals surface area contributed by atoms with Crippen molar-refractivity contribution in [3.8, 4) is 11.6 Å². The number of nitrogens with one attached hydrogen (secondary N) is 1. The summed E-state index contributed by atoms with van der Waals surface area (Å²) in [5, 5.41) is 3.27. The largest absolute Gasteiger partial charge is 0.437 e. The molecule has 3 rings (SSSR count). The van der Waals surface area contributed by atoms with Crippen LogP contribution in [0, 0.1) is 5.82 Å². The topological polar surface area (TPSA) is 38.6 Å². The number of hydrogen-bond donors (Lipinski definition) is 1. The van der Waals surface area contributed by atoms with Crippen molar-refractivity contribution in [1.82, 2.24) is 14.7 Å².